The van der Waals surface area contributed by atoms with Crippen LogP contribution in [0.4, 0.5) is 0 Å². The van der Waals surface area contributed by atoms with E-state index in [1.807, 2.05) is 6.07 Å². The van der Waals surface area contributed by atoms with E-state index in [1.54, 1.807) is 0 Å². The van der Waals surface area contributed by atoms with E-state index >= 15 is 0 Å². The lowest BCUT2D eigenvalue weighted by molar-refractivity contribution is 0.171. The molecule has 4 nitrogen and oxygen atoms in total. The number of benzene rings is 1. The molecule has 1 heterocycles. The highest BCUT2D eigenvalue weighted by Crippen LogP contribution is 2.30. The molecule has 19 heavy (non-hydrogen) atoms. The van der Waals surface area contributed by atoms with Gasteiger partial charge in [0, 0.05) is 6.54 Å². The number of hydrogen-bond acceptors (Lipinski definition) is 4. The highest BCUT2D eigenvalue weighted by Gasteiger charge is 2.14. The molecule has 0 aliphatic carbocycles. The summed E-state index contributed by atoms with van der Waals surface area (Å²) in [4.78, 5) is 0. The Morgan fingerprint density at radius 1 is 1.21 bits per heavy atom. The summed E-state index contributed by atoms with van der Waals surface area (Å²) in [6.07, 6.45) is 0.983. The molecule has 0 atom stereocenters. The van der Waals surface area contributed by atoms with Crippen LogP contribution in [0.25, 0.3) is 0 Å². The van der Waals surface area contributed by atoms with Crippen LogP contribution in [0.15, 0.2) is 18.2 Å². The molecular formula is C15H24N2O2. The first-order valence-electron chi connectivity index (χ1n) is 6.90. The Labute approximate surface area is 115 Å². The van der Waals surface area contributed by atoms with E-state index < -0.39 is 0 Å². The van der Waals surface area contributed by atoms with Crippen LogP contribution in [0, 0.1) is 5.41 Å². The van der Waals surface area contributed by atoms with Crippen molar-refractivity contribution in [3.05, 3.63) is 23.8 Å². The van der Waals surface area contributed by atoms with Crippen LogP contribution in [-0.4, -0.2) is 32.8 Å². The largest absolute Gasteiger partial charge is 0.486 e. The minimum Gasteiger partial charge on any atom is -0.486 e. The molecule has 0 saturated heterocycles. The molecule has 1 aliphatic heterocycles. The second-order valence-corrected chi connectivity index (χ2v) is 5.77. The monoisotopic (exact) mass is 264 g/mol. The van der Waals surface area contributed by atoms with Gasteiger partial charge in [0.05, 0.1) is 0 Å². The van der Waals surface area contributed by atoms with Crippen molar-refractivity contribution in [1.29, 1.82) is 0 Å². The van der Waals surface area contributed by atoms with Crippen molar-refractivity contribution in [2.75, 3.05) is 32.8 Å². The Kier molecular flexibility index (Phi) is 4.66. The summed E-state index contributed by atoms with van der Waals surface area (Å²) < 4.78 is 11.1. The van der Waals surface area contributed by atoms with Crippen molar-refractivity contribution in [2.24, 2.45) is 11.1 Å². The topological polar surface area (TPSA) is 56.5 Å². The van der Waals surface area contributed by atoms with Crippen molar-refractivity contribution >= 4 is 0 Å². The summed E-state index contributed by atoms with van der Waals surface area (Å²) >= 11 is 0. The van der Waals surface area contributed by atoms with Crippen LogP contribution < -0.4 is 20.5 Å². The lowest BCUT2D eigenvalue weighted by Crippen LogP contribution is -2.36. The van der Waals surface area contributed by atoms with Gasteiger partial charge in [0.25, 0.3) is 0 Å². The van der Waals surface area contributed by atoms with Gasteiger partial charge in [-0.3, -0.25) is 0 Å². The molecule has 1 aromatic rings. The molecule has 0 aromatic heterocycles. The molecule has 0 spiro atoms. The number of nitrogens with two attached hydrogens (primary N) is 1. The normalized spacial score (nSPS) is 14.5. The van der Waals surface area contributed by atoms with Crippen molar-refractivity contribution < 1.29 is 9.47 Å². The maximum Gasteiger partial charge on any atom is 0.161 e. The fourth-order valence-electron chi connectivity index (χ4n) is 1.97. The van der Waals surface area contributed by atoms with Crippen LogP contribution in [0.5, 0.6) is 11.5 Å². The highest BCUT2D eigenvalue weighted by molar-refractivity contribution is 5.43. The fraction of sp³-hybridized carbons (Fsp3) is 0.600. The third kappa shape index (κ3) is 4.11. The molecule has 0 saturated carbocycles. The SMILES string of the molecule is CC(C)(CN)CNCCc1ccc2c(c1)OCCO2. The summed E-state index contributed by atoms with van der Waals surface area (Å²) in [6.45, 7) is 8.21. The van der Waals surface area contributed by atoms with Crippen molar-refractivity contribution in [3.63, 3.8) is 0 Å². The number of ether oxygens (including phenoxy) is 2. The first kappa shape index (κ1) is 14.2. The van der Waals surface area contributed by atoms with Crippen molar-refractivity contribution in [2.45, 2.75) is 20.3 Å². The van der Waals surface area contributed by atoms with Gasteiger partial charge >= 0.3 is 0 Å². The minimum atomic E-state index is 0.160. The smallest absolute Gasteiger partial charge is 0.161 e. The van der Waals surface area contributed by atoms with Crippen LogP contribution in [-0.2, 0) is 6.42 Å². The Bertz CT molecular complexity index is 419. The van der Waals surface area contributed by atoms with Crippen molar-refractivity contribution in [1.82, 2.24) is 5.32 Å². The van der Waals surface area contributed by atoms with Gasteiger partial charge in [-0.25, -0.2) is 0 Å². The van der Waals surface area contributed by atoms with Gasteiger partial charge < -0.3 is 20.5 Å². The predicted octanol–water partition coefficient (Wildman–Crippen LogP) is 1.57. The Morgan fingerprint density at radius 3 is 2.68 bits per heavy atom. The Balaban J connectivity index is 1.80. The molecular weight excluding hydrogens is 240 g/mol. The third-order valence-electron chi connectivity index (χ3n) is 3.35. The zero-order valence-corrected chi connectivity index (χ0v) is 11.9. The maximum atomic E-state index is 5.71. The van der Waals surface area contributed by atoms with Gasteiger partial charge in [-0.1, -0.05) is 19.9 Å². The number of rotatable bonds is 6. The van der Waals surface area contributed by atoms with Gasteiger partial charge in [0.15, 0.2) is 11.5 Å². The van der Waals surface area contributed by atoms with E-state index in [0.717, 1.165) is 31.0 Å². The number of nitrogens with one attached hydrogen (secondary N) is 1. The van der Waals surface area contributed by atoms with E-state index in [2.05, 4.69) is 31.3 Å². The average molecular weight is 264 g/mol. The van der Waals surface area contributed by atoms with Gasteiger partial charge in [-0.15, -0.1) is 0 Å². The molecule has 1 aromatic carbocycles. The lowest BCUT2D eigenvalue weighted by Gasteiger charge is -2.23. The van der Waals surface area contributed by atoms with E-state index in [9.17, 15) is 0 Å². The Morgan fingerprint density at radius 2 is 1.95 bits per heavy atom. The molecule has 3 N–H and O–H groups in total. The molecule has 0 amide bonds. The Hall–Kier alpha value is -1.26. The second-order valence-electron chi connectivity index (χ2n) is 5.77. The number of fused-ring (bicyclic) bond motifs is 1. The zero-order valence-electron chi connectivity index (χ0n) is 11.9. The number of hydrogen-bond donors (Lipinski definition) is 2. The third-order valence-corrected chi connectivity index (χ3v) is 3.35. The molecule has 1 aliphatic rings. The summed E-state index contributed by atoms with van der Waals surface area (Å²) in [5.41, 5.74) is 7.13. The highest BCUT2D eigenvalue weighted by atomic mass is 16.6. The van der Waals surface area contributed by atoms with Gasteiger partial charge in [0.1, 0.15) is 13.2 Å². The van der Waals surface area contributed by atoms with E-state index in [-0.39, 0.29) is 5.41 Å². The summed E-state index contributed by atoms with van der Waals surface area (Å²) in [5, 5.41) is 3.45. The lowest BCUT2D eigenvalue weighted by atomic mass is 9.94. The second kappa shape index (κ2) is 6.26. The van der Waals surface area contributed by atoms with Gasteiger partial charge in [-0.05, 0) is 42.6 Å². The van der Waals surface area contributed by atoms with Crippen LogP contribution in [0.1, 0.15) is 19.4 Å². The summed E-state index contributed by atoms with van der Waals surface area (Å²) in [6, 6.07) is 6.17. The molecule has 4 heteroatoms. The zero-order chi connectivity index (χ0) is 13.7. The average Bonchev–Trinajstić information content (AvgIpc) is 2.43. The fourth-order valence-corrected chi connectivity index (χ4v) is 1.97. The van der Waals surface area contributed by atoms with Crippen LogP contribution in [0.3, 0.4) is 0 Å². The summed E-state index contributed by atoms with van der Waals surface area (Å²) in [5.74, 6) is 1.72. The maximum absolute atomic E-state index is 5.71. The molecule has 0 bridgehead atoms. The van der Waals surface area contributed by atoms with E-state index in [1.165, 1.54) is 5.56 Å². The van der Waals surface area contributed by atoms with Crippen molar-refractivity contribution in [3.8, 4) is 11.5 Å². The van der Waals surface area contributed by atoms with Crippen LogP contribution in [0.2, 0.25) is 0 Å². The molecule has 0 radical (unpaired) electrons. The van der Waals surface area contributed by atoms with Gasteiger partial charge in [-0.2, -0.15) is 0 Å². The summed E-state index contributed by atoms with van der Waals surface area (Å²) in [7, 11) is 0. The standard InChI is InChI=1S/C15H24N2O2/c1-15(2,10-16)11-17-6-5-12-3-4-13-14(9-12)19-8-7-18-13/h3-4,9,17H,5-8,10-11,16H2,1-2H3. The van der Waals surface area contributed by atoms with Crippen LogP contribution >= 0.6 is 0 Å². The first-order chi connectivity index (χ1) is 9.11. The quantitative estimate of drug-likeness (QED) is 0.766. The molecule has 0 unspecified atom stereocenters. The predicted molar refractivity (Wildman–Crippen MR) is 76.8 cm³/mol. The minimum absolute atomic E-state index is 0.160. The van der Waals surface area contributed by atoms with E-state index in [0.29, 0.717) is 19.8 Å². The molecule has 0 fully saturated rings. The molecule has 2 rings (SSSR count). The molecule has 106 valence electrons. The van der Waals surface area contributed by atoms with E-state index in [4.69, 9.17) is 15.2 Å². The van der Waals surface area contributed by atoms with Gasteiger partial charge in [0.2, 0.25) is 0 Å². The first-order valence-corrected chi connectivity index (χ1v) is 6.90.